The van der Waals surface area contributed by atoms with E-state index >= 15 is 0 Å². The lowest BCUT2D eigenvalue weighted by Crippen LogP contribution is -2.20. The SMILES string of the molecule is Cc1ccccc1NC(=O)/C(C#N)=C\c1ccc(OCC(=O)Nc2ccccc2F)c(Br)c1. The van der Waals surface area contributed by atoms with Crippen molar-refractivity contribution < 1.29 is 18.7 Å². The van der Waals surface area contributed by atoms with E-state index in [1.54, 1.807) is 36.4 Å². The first kappa shape index (κ1) is 23.7. The maximum atomic E-state index is 13.6. The van der Waals surface area contributed by atoms with Crippen LogP contribution in [0.4, 0.5) is 15.8 Å². The zero-order valence-electron chi connectivity index (χ0n) is 17.6. The topological polar surface area (TPSA) is 91.2 Å². The molecule has 2 amide bonds. The Morgan fingerprint density at radius 1 is 1.06 bits per heavy atom. The molecule has 0 saturated carbocycles. The number of carbonyl (C=O) groups excluding carboxylic acids is 2. The van der Waals surface area contributed by atoms with Crippen molar-refractivity contribution in [1.82, 2.24) is 0 Å². The molecule has 3 aromatic carbocycles. The summed E-state index contributed by atoms with van der Waals surface area (Å²) in [5.74, 6) is -1.20. The van der Waals surface area contributed by atoms with Crippen LogP contribution in [-0.4, -0.2) is 18.4 Å². The van der Waals surface area contributed by atoms with Crippen LogP contribution in [0.15, 0.2) is 76.8 Å². The molecule has 166 valence electrons. The predicted octanol–water partition coefficient (Wildman–Crippen LogP) is 5.46. The molecule has 33 heavy (non-hydrogen) atoms. The second kappa shape index (κ2) is 11.1. The molecule has 2 N–H and O–H groups in total. The number of carbonyl (C=O) groups is 2. The Morgan fingerprint density at radius 2 is 1.76 bits per heavy atom. The highest BCUT2D eigenvalue weighted by Crippen LogP contribution is 2.27. The number of anilines is 2. The van der Waals surface area contributed by atoms with Gasteiger partial charge in [0.15, 0.2) is 6.61 Å². The number of amides is 2. The van der Waals surface area contributed by atoms with Gasteiger partial charge in [0.1, 0.15) is 23.2 Å². The molecule has 0 bridgehead atoms. The van der Waals surface area contributed by atoms with Gasteiger partial charge in [0.05, 0.1) is 10.2 Å². The molecule has 0 heterocycles. The molecule has 6 nitrogen and oxygen atoms in total. The second-order valence-electron chi connectivity index (χ2n) is 6.95. The van der Waals surface area contributed by atoms with Crippen molar-refractivity contribution in [2.75, 3.05) is 17.2 Å². The number of hydrogen-bond acceptors (Lipinski definition) is 4. The summed E-state index contributed by atoms with van der Waals surface area (Å²) in [5.41, 5.74) is 2.09. The van der Waals surface area contributed by atoms with E-state index in [0.717, 1.165) is 5.56 Å². The van der Waals surface area contributed by atoms with Gasteiger partial charge in [0.2, 0.25) is 0 Å². The van der Waals surface area contributed by atoms with Gasteiger partial charge in [0.25, 0.3) is 11.8 Å². The molecule has 0 unspecified atom stereocenters. The van der Waals surface area contributed by atoms with Gasteiger partial charge in [-0.15, -0.1) is 0 Å². The van der Waals surface area contributed by atoms with E-state index in [0.29, 0.717) is 21.5 Å². The maximum absolute atomic E-state index is 13.6. The monoisotopic (exact) mass is 507 g/mol. The lowest BCUT2D eigenvalue weighted by atomic mass is 10.1. The van der Waals surface area contributed by atoms with Crippen LogP contribution in [0.3, 0.4) is 0 Å². The van der Waals surface area contributed by atoms with Crippen molar-refractivity contribution in [1.29, 1.82) is 5.26 Å². The van der Waals surface area contributed by atoms with Crippen LogP contribution >= 0.6 is 15.9 Å². The van der Waals surface area contributed by atoms with E-state index < -0.39 is 17.6 Å². The maximum Gasteiger partial charge on any atom is 0.266 e. The summed E-state index contributed by atoms with van der Waals surface area (Å²) < 4.78 is 19.6. The summed E-state index contributed by atoms with van der Waals surface area (Å²) in [5, 5.41) is 14.6. The van der Waals surface area contributed by atoms with Gasteiger partial charge in [-0.1, -0.05) is 36.4 Å². The molecule has 3 aromatic rings. The summed E-state index contributed by atoms with van der Waals surface area (Å²) in [6, 6.07) is 19.9. The largest absolute Gasteiger partial charge is 0.483 e. The predicted molar refractivity (Wildman–Crippen MR) is 128 cm³/mol. The third-order valence-corrected chi connectivity index (χ3v) is 5.15. The van der Waals surface area contributed by atoms with Crippen molar-refractivity contribution in [2.24, 2.45) is 0 Å². The van der Waals surface area contributed by atoms with Crippen LogP contribution < -0.4 is 15.4 Å². The normalized spacial score (nSPS) is 10.8. The number of aryl methyl sites for hydroxylation is 1. The highest BCUT2D eigenvalue weighted by molar-refractivity contribution is 9.10. The average molecular weight is 508 g/mol. The van der Waals surface area contributed by atoms with Gasteiger partial charge in [-0.25, -0.2) is 4.39 Å². The van der Waals surface area contributed by atoms with E-state index in [4.69, 9.17) is 4.74 Å². The van der Waals surface area contributed by atoms with Gasteiger partial charge < -0.3 is 15.4 Å². The molecule has 0 radical (unpaired) electrons. The molecule has 0 atom stereocenters. The number of benzene rings is 3. The number of rotatable bonds is 7. The minimum Gasteiger partial charge on any atom is -0.483 e. The van der Waals surface area contributed by atoms with E-state index in [9.17, 15) is 19.2 Å². The molecular formula is C25H19BrFN3O3. The number of halogens is 2. The Kier molecular flexibility index (Phi) is 7.95. The Hall–Kier alpha value is -3.96. The van der Waals surface area contributed by atoms with Crippen LogP contribution in [0.1, 0.15) is 11.1 Å². The highest BCUT2D eigenvalue weighted by atomic mass is 79.9. The first-order chi connectivity index (χ1) is 15.9. The molecule has 0 aliphatic heterocycles. The van der Waals surface area contributed by atoms with Crippen molar-refractivity contribution in [3.05, 3.63) is 93.7 Å². The van der Waals surface area contributed by atoms with Gasteiger partial charge >= 0.3 is 0 Å². The highest BCUT2D eigenvalue weighted by Gasteiger charge is 2.12. The van der Waals surface area contributed by atoms with Gasteiger partial charge in [-0.2, -0.15) is 5.26 Å². The summed E-state index contributed by atoms with van der Waals surface area (Å²) >= 11 is 3.36. The second-order valence-corrected chi connectivity index (χ2v) is 7.80. The number of hydrogen-bond donors (Lipinski definition) is 2. The Bertz CT molecular complexity index is 1270. The van der Waals surface area contributed by atoms with Crippen molar-refractivity contribution in [3.63, 3.8) is 0 Å². The molecule has 0 spiro atoms. The van der Waals surface area contributed by atoms with Crippen molar-refractivity contribution in [2.45, 2.75) is 6.92 Å². The van der Waals surface area contributed by atoms with Gasteiger partial charge in [-0.3, -0.25) is 9.59 Å². The third-order valence-electron chi connectivity index (χ3n) is 4.53. The fraction of sp³-hybridized carbons (Fsp3) is 0.0800. The fourth-order valence-electron chi connectivity index (χ4n) is 2.83. The van der Waals surface area contributed by atoms with E-state index in [1.807, 2.05) is 25.1 Å². The summed E-state index contributed by atoms with van der Waals surface area (Å²) in [6.07, 6.45) is 1.45. The lowest BCUT2D eigenvalue weighted by molar-refractivity contribution is -0.118. The van der Waals surface area contributed by atoms with Crippen molar-refractivity contribution in [3.8, 4) is 11.8 Å². The van der Waals surface area contributed by atoms with Gasteiger partial charge in [0, 0.05) is 5.69 Å². The number of ether oxygens (including phenoxy) is 1. The Morgan fingerprint density at radius 3 is 2.42 bits per heavy atom. The number of para-hydroxylation sites is 2. The molecule has 0 aliphatic rings. The number of nitriles is 1. The van der Waals surface area contributed by atoms with Crippen LogP contribution in [0.25, 0.3) is 6.08 Å². The van der Waals surface area contributed by atoms with E-state index in [1.165, 1.54) is 24.3 Å². The van der Waals surface area contributed by atoms with Crippen LogP contribution in [0.2, 0.25) is 0 Å². The Balaban J connectivity index is 1.65. The Labute approximate surface area is 198 Å². The van der Waals surface area contributed by atoms with E-state index in [-0.39, 0.29) is 17.9 Å². The average Bonchev–Trinajstić information content (AvgIpc) is 2.80. The first-order valence-electron chi connectivity index (χ1n) is 9.83. The summed E-state index contributed by atoms with van der Waals surface area (Å²) in [7, 11) is 0. The number of nitrogens with zero attached hydrogens (tertiary/aromatic N) is 1. The molecule has 3 rings (SSSR count). The van der Waals surface area contributed by atoms with Crippen LogP contribution in [-0.2, 0) is 9.59 Å². The fourth-order valence-corrected chi connectivity index (χ4v) is 3.35. The van der Waals surface area contributed by atoms with Crippen LogP contribution in [0.5, 0.6) is 5.75 Å². The number of nitrogens with one attached hydrogen (secondary N) is 2. The quantitative estimate of drug-likeness (QED) is 0.328. The molecule has 0 aliphatic carbocycles. The van der Waals surface area contributed by atoms with Gasteiger partial charge in [-0.05, 0) is 70.4 Å². The molecule has 0 fully saturated rings. The van der Waals surface area contributed by atoms with E-state index in [2.05, 4.69) is 26.6 Å². The molecular weight excluding hydrogens is 489 g/mol. The third kappa shape index (κ3) is 6.51. The molecule has 0 aromatic heterocycles. The molecule has 8 heteroatoms. The molecule has 0 saturated heterocycles. The standard InChI is InChI=1S/C25H19BrFN3O3/c1-16-6-2-4-8-21(16)30-25(32)18(14-28)12-17-10-11-23(19(26)13-17)33-15-24(31)29-22-9-5-3-7-20(22)27/h2-13H,15H2,1H3,(H,29,31)(H,30,32)/b18-12-. The lowest BCUT2D eigenvalue weighted by Gasteiger charge is -2.10. The first-order valence-corrected chi connectivity index (χ1v) is 10.6. The summed E-state index contributed by atoms with van der Waals surface area (Å²) in [6.45, 7) is 1.53. The van der Waals surface area contributed by atoms with Crippen molar-refractivity contribution >= 4 is 45.2 Å². The van der Waals surface area contributed by atoms with Crippen LogP contribution in [0, 0.1) is 24.1 Å². The zero-order valence-corrected chi connectivity index (χ0v) is 19.1. The zero-order chi connectivity index (χ0) is 23.8. The minimum atomic E-state index is -0.539. The minimum absolute atomic E-state index is 0.0666. The summed E-state index contributed by atoms with van der Waals surface area (Å²) in [4.78, 5) is 24.5. The smallest absolute Gasteiger partial charge is 0.266 e.